The highest BCUT2D eigenvalue weighted by Crippen LogP contribution is 2.23. The van der Waals surface area contributed by atoms with Crippen molar-refractivity contribution in [1.29, 1.82) is 0 Å². The average Bonchev–Trinajstić information content (AvgIpc) is 1.97. The van der Waals surface area contributed by atoms with E-state index in [1.165, 1.54) is 5.56 Å². The summed E-state index contributed by atoms with van der Waals surface area (Å²) < 4.78 is 7.75. The Labute approximate surface area is 77.0 Å². The van der Waals surface area contributed by atoms with E-state index in [0.717, 1.165) is 11.1 Å². The van der Waals surface area contributed by atoms with Crippen LogP contribution in [-0.2, 0) is 5.41 Å². The fourth-order valence-corrected chi connectivity index (χ4v) is 1.32. The lowest BCUT2D eigenvalue weighted by Gasteiger charge is -2.20. The molecule has 0 saturated heterocycles. The molecule has 0 saturated carbocycles. The first-order valence-corrected chi connectivity index (χ1v) is 4.40. The van der Waals surface area contributed by atoms with E-state index in [2.05, 4.69) is 32.9 Å². The maximum absolute atomic E-state index is 7.75. The van der Waals surface area contributed by atoms with Gasteiger partial charge in [0.25, 0.3) is 0 Å². The Bertz CT molecular complexity index is 295. The van der Waals surface area contributed by atoms with Crippen LogP contribution in [0.4, 0.5) is 0 Å². The Hall–Kier alpha value is -0.780. The van der Waals surface area contributed by atoms with Crippen LogP contribution >= 0.6 is 0 Å². The summed E-state index contributed by atoms with van der Waals surface area (Å²) in [4.78, 5) is 0. The quantitative estimate of drug-likeness (QED) is 0.548. The monoisotopic (exact) mass is 163 g/mol. The molecule has 1 rings (SSSR count). The molecule has 0 nitrogen and oxygen atoms in total. The lowest BCUT2D eigenvalue weighted by Crippen LogP contribution is -2.11. The Morgan fingerprint density at radius 1 is 1.08 bits per heavy atom. The minimum atomic E-state index is 0.184. The van der Waals surface area contributed by atoms with E-state index in [1.54, 1.807) is 0 Å². The summed E-state index contributed by atoms with van der Waals surface area (Å²) in [5.74, 6) is 0. The van der Waals surface area contributed by atoms with Crippen LogP contribution in [0.1, 0.15) is 38.8 Å². The Morgan fingerprint density at radius 2 is 1.50 bits per heavy atom. The normalized spacial score (nSPS) is 12.9. The van der Waals surface area contributed by atoms with Crippen molar-refractivity contribution in [3.8, 4) is 0 Å². The molecule has 0 heterocycles. The third-order valence-corrected chi connectivity index (χ3v) is 2.00. The van der Waals surface area contributed by atoms with Crippen molar-refractivity contribution in [1.82, 2.24) is 0 Å². The fraction of sp³-hybridized carbons (Fsp3) is 0.500. The zero-order valence-corrected chi connectivity index (χ0v) is 8.65. The molecular weight excluding hydrogens is 144 g/mol. The van der Waals surface area contributed by atoms with Gasteiger partial charge in [0.2, 0.25) is 0 Å². The first-order valence-electron chi connectivity index (χ1n) is 4.90. The van der Waals surface area contributed by atoms with E-state index in [0.29, 0.717) is 6.04 Å². The molecule has 0 aromatic heterocycles. The SMILES string of the molecule is [2H]c1c(C)cc(C(C)(C)C)cc1C. The van der Waals surface area contributed by atoms with Crippen molar-refractivity contribution < 1.29 is 1.37 Å². The van der Waals surface area contributed by atoms with Crippen LogP contribution in [-0.4, -0.2) is 0 Å². The van der Waals surface area contributed by atoms with Crippen LogP contribution in [0.2, 0.25) is 0 Å². The lowest BCUT2D eigenvalue weighted by atomic mass is 9.85. The molecule has 0 spiro atoms. The highest BCUT2D eigenvalue weighted by molar-refractivity contribution is 5.32. The molecule has 0 heteroatoms. The standard InChI is InChI=1S/C12H18/c1-9-6-10(2)8-11(7-9)12(3,4)5/h6-8H,1-5H3/i6D. The van der Waals surface area contributed by atoms with Gasteiger partial charge >= 0.3 is 0 Å². The third kappa shape index (κ3) is 2.10. The molecule has 66 valence electrons. The van der Waals surface area contributed by atoms with Crippen LogP contribution in [0, 0.1) is 13.8 Å². The Kier molecular flexibility index (Phi) is 1.92. The zero-order chi connectivity index (χ0) is 10.2. The summed E-state index contributed by atoms with van der Waals surface area (Å²) >= 11 is 0. The van der Waals surface area contributed by atoms with Crippen molar-refractivity contribution in [2.24, 2.45) is 0 Å². The second-order valence-corrected chi connectivity index (χ2v) is 4.49. The van der Waals surface area contributed by atoms with Crippen LogP contribution < -0.4 is 0 Å². The zero-order valence-electron chi connectivity index (χ0n) is 9.65. The molecule has 0 radical (unpaired) electrons. The Morgan fingerprint density at radius 3 is 1.83 bits per heavy atom. The molecule has 12 heavy (non-hydrogen) atoms. The van der Waals surface area contributed by atoms with Gasteiger partial charge in [-0.3, -0.25) is 0 Å². The van der Waals surface area contributed by atoms with Crippen LogP contribution in [0.5, 0.6) is 0 Å². The molecule has 0 unspecified atom stereocenters. The lowest BCUT2D eigenvalue weighted by molar-refractivity contribution is 0.589. The molecule has 0 fully saturated rings. The fourth-order valence-electron chi connectivity index (χ4n) is 1.32. The van der Waals surface area contributed by atoms with Crippen molar-refractivity contribution in [3.05, 3.63) is 34.9 Å². The van der Waals surface area contributed by atoms with E-state index in [9.17, 15) is 0 Å². The third-order valence-electron chi connectivity index (χ3n) is 2.00. The van der Waals surface area contributed by atoms with Crippen molar-refractivity contribution >= 4 is 0 Å². The van der Waals surface area contributed by atoms with E-state index in [4.69, 9.17) is 1.37 Å². The average molecular weight is 163 g/mol. The topological polar surface area (TPSA) is 0 Å². The molecule has 0 amide bonds. The smallest absolute Gasteiger partial charge is 0.0564 e. The van der Waals surface area contributed by atoms with Crippen LogP contribution in [0.3, 0.4) is 0 Å². The summed E-state index contributed by atoms with van der Waals surface area (Å²) in [6.07, 6.45) is 0. The number of aryl methyl sites for hydroxylation is 2. The molecule has 0 bridgehead atoms. The Balaban J connectivity index is 3.29. The van der Waals surface area contributed by atoms with E-state index in [1.807, 2.05) is 13.8 Å². The second-order valence-electron chi connectivity index (χ2n) is 4.49. The summed E-state index contributed by atoms with van der Waals surface area (Å²) in [5, 5.41) is 0. The van der Waals surface area contributed by atoms with Gasteiger partial charge in [0.05, 0.1) is 1.37 Å². The van der Waals surface area contributed by atoms with Gasteiger partial charge in [-0.25, -0.2) is 0 Å². The molecule has 0 aliphatic rings. The molecule has 0 aliphatic carbocycles. The highest BCUT2D eigenvalue weighted by atomic mass is 14.2. The molecule has 0 atom stereocenters. The van der Waals surface area contributed by atoms with Crippen molar-refractivity contribution in [2.75, 3.05) is 0 Å². The number of hydrogen-bond acceptors (Lipinski definition) is 0. The predicted octanol–water partition coefficient (Wildman–Crippen LogP) is 3.60. The van der Waals surface area contributed by atoms with Gasteiger partial charge in [0.15, 0.2) is 0 Å². The molecular formula is C12H18. The van der Waals surface area contributed by atoms with Crippen molar-refractivity contribution in [3.63, 3.8) is 0 Å². The maximum Gasteiger partial charge on any atom is 0.0628 e. The number of benzene rings is 1. The minimum absolute atomic E-state index is 0.184. The molecule has 1 aromatic carbocycles. The van der Waals surface area contributed by atoms with Gasteiger partial charge < -0.3 is 0 Å². The van der Waals surface area contributed by atoms with Crippen LogP contribution in [0.15, 0.2) is 18.2 Å². The van der Waals surface area contributed by atoms with Crippen LogP contribution in [0.25, 0.3) is 0 Å². The molecule has 0 aliphatic heterocycles. The summed E-state index contributed by atoms with van der Waals surface area (Å²) in [6.45, 7) is 10.6. The second kappa shape index (κ2) is 2.93. The molecule has 0 N–H and O–H groups in total. The molecule has 1 aromatic rings. The largest absolute Gasteiger partial charge is 0.0628 e. The van der Waals surface area contributed by atoms with Gasteiger partial charge in [0, 0.05) is 0 Å². The maximum atomic E-state index is 7.75. The van der Waals surface area contributed by atoms with Gasteiger partial charge in [-0.2, -0.15) is 0 Å². The summed E-state index contributed by atoms with van der Waals surface area (Å²) in [7, 11) is 0. The predicted molar refractivity (Wildman–Crippen MR) is 54.6 cm³/mol. The number of hydrogen-bond donors (Lipinski definition) is 0. The van der Waals surface area contributed by atoms with E-state index < -0.39 is 0 Å². The van der Waals surface area contributed by atoms with Gasteiger partial charge in [0.1, 0.15) is 0 Å². The minimum Gasteiger partial charge on any atom is -0.0564 e. The van der Waals surface area contributed by atoms with Crippen molar-refractivity contribution in [2.45, 2.75) is 40.0 Å². The van der Waals surface area contributed by atoms with Gasteiger partial charge in [-0.05, 0) is 24.8 Å². The number of rotatable bonds is 0. The van der Waals surface area contributed by atoms with Gasteiger partial charge in [-0.15, -0.1) is 0 Å². The van der Waals surface area contributed by atoms with E-state index in [-0.39, 0.29) is 5.41 Å². The van der Waals surface area contributed by atoms with E-state index >= 15 is 0 Å². The summed E-state index contributed by atoms with van der Waals surface area (Å²) in [5.41, 5.74) is 3.65. The highest BCUT2D eigenvalue weighted by Gasteiger charge is 2.13. The summed E-state index contributed by atoms with van der Waals surface area (Å²) in [6, 6.07) is 4.91. The van der Waals surface area contributed by atoms with Gasteiger partial charge in [-0.1, -0.05) is 50.1 Å². The first-order chi connectivity index (χ1) is 5.82. The first kappa shape index (κ1) is 7.85.